The standard InChI is InChI=1S/C23H25N3.CH4O/c1-15-9-7-10-16(2)19(15)20-18-13-8-14-23(3,17-11-5-4-6-12-17)21(18)26-22(24)25-20;1-2/h4-7,9-12H,8,13-14H2,1-3H3,(H2,24,25,26);2H,1H3. The average molecular weight is 376 g/mol. The first-order chi connectivity index (χ1) is 13.5. The lowest BCUT2D eigenvalue weighted by molar-refractivity contribution is 0.399. The maximum atomic E-state index is 7.00. The fourth-order valence-electron chi connectivity index (χ4n) is 4.41. The molecule has 4 rings (SSSR count). The third kappa shape index (κ3) is 3.40. The number of hydrogen-bond donors (Lipinski definition) is 2. The first-order valence-electron chi connectivity index (χ1n) is 9.74. The Morgan fingerprint density at radius 3 is 2.21 bits per heavy atom. The number of rotatable bonds is 2. The molecule has 0 aliphatic heterocycles. The molecular formula is C24H29N3O. The number of nitrogens with two attached hydrogens (primary N) is 1. The largest absolute Gasteiger partial charge is 0.400 e. The molecule has 4 heteroatoms. The van der Waals surface area contributed by atoms with Crippen molar-refractivity contribution in [1.82, 2.24) is 9.97 Å². The maximum absolute atomic E-state index is 7.00. The summed E-state index contributed by atoms with van der Waals surface area (Å²) in [7, 11) is 1.00. The quantitative estimate of drug-likeness (QED) is 0.687. The number of nitrogens with zero attached hydrogens (tertiary/aromatic N) is 2. The van der Waals surface area contributed by atoms with E-state index in [4.69, 9.17) is 20.8 Å². The van der Waals surface area contributed by atoms with Gasteiger partial charge in [-0.1, -0.05) is 48.5 Å². The van der Waals surface area contributed by atoms with Gasteiger partial charge in [-0.25, -0.2) is 9.97 Å². The Balaban J connectivity index is 0.00000109. The van der Waals surface area contributed by atoms with Crippen LogP contribution >= 0.6 is 0 Å². The summed E-state index contributed by atoms with van der Waals surface area (Å²) in [4.78, 5) is 9.46. The van der Waals surface area contributed by atoms with E-state index in [1.807, 2.05) is 0 Å². The lowest BCUT2D eigenvalue weighted by atomic mass is 9.69. The van der Waals surface area contributed by atoms with Crippen molar-refractivity contribution in [3.63, 3.8) is 0 Å². The summed E-state index contributed by atoms with van der Waals surface area (Å²) in [5.41, 5.74) is 14.4. The van der Waals surface area contributed by atoms with Gasteiger partial charge in [0.15, 0.2) is 0 Å². The molecular weight excluding hydrogens is 346 g/mol. The van der Waals surface area contributed by atoms with Gasteiger partial charge in [0, 0.05) is 23.7 Å². The summed E-state index contributed by atoms with van der Waals surface area (Å²) in [6, 6.07) is 17.1. The van der Waals surface area contributed by atoms with E-state index >= 15 is 0 Å². The molecule has 1 aromatic heterocycles. The van der Waals surface area contributed by atoms with Crippen molar-refractivity contribution in [2.24, 2.45) is 0 Å². The van der Waals surface area contributed by atoms with Crippen LogP contribution in [0.3, 0.4) is 0 Å². The van der Waals surface area contributed by atoms with Gasteiger partial charge < -0.3 is 10.8 Å². The normalized spacial score (nSPS) is 18.0. The van der Waals surface area contributed by atoms with Gasteiger partial charge in [-0.2, -0.15) is 0 Å². The Hall–Kier alpha value is -2.72. The zero-order valence-corrected chi connectivity index (χ0v) is 17.2. The third-order valence-corrected chi connectivity index (χ3v) is 5.78. The van der Waals surface area contributed by atoms with Gasteiger partial charge in [-0.3, -0.25) is 0 Å². The molecule has 0 radical (unpaired) electrons. The first kappa shape index (κ1) is 20.0. The molecule has 28 heavy (non-hydrogen) atoms. The summed E-state index contributed by atoms with van der Waals surface area (Å²) in [6.07, 6.45) is 3.21. The molecule has 4 nitrogen and oxygen atoms in total. The van der Waals surface area contributed by atoms with Crippen molar-refractivity contribution < 1.29 is 5.11 Å². The minimum atomic E-state index is -0.128. The Bertz CT molecular complexity index is 949. The smallest absolute Gasteiger partial charge is 0.220 e. The van der Waals surface area contributed by atoms with E-state index in [0.29, 0.717) is 5.95 Å². The van der Waals surface area contributed by atoms with Crippen LogP contribution in [0, 0.1) is 13.8 Å². The molecule has 1 atom stereocenters. The Labute approximate surface area is 167 Å². The molecule has 1 heterocycles. The highest BCUT2D eigenvalue weighted by molar-refractivity contribution is 5.72. The van der Waals surface area contributed by atoms with Crippen molar-refractivity contribution >= 4 is 5.95 Å². The molecule has 2 aromatic carbocycles. The monoisotopic (exact) mass is 375 g/mol. The molecule has 3 aromatic rings. The number of aliphatic hydroxyl groups excluding tert-OH is 1. The second-order valence-electron chi connectivity index (χ2n) is 7.58. The summed E-state index contributed by atoms with van der Waals surface area (Å²) in [5, 5.41) is 7.00. The number of aryl methyl sites for hydroxylation is 2. The second kappa shape index (κ2) is 8.11. The third-order valence-electron chi connectivity index (χ3n) is 5.78. The second-order valence-corrected chi connectivity index (χ2v) is 7.58. The van der Waals surface area contributed by atoms with Crippen LogP contribution in [0.2, 0.25) is 0 Å². The van der Waals surface area contributed by atoms with Crippen LogP contribution in [0.25, 0.3) is 11.3 Å². The molecule has 0 saturated carbocycles. The summed E-state index contributed by atoms with van der Waals surface area (Å²) in [6.45, 7) is 6.58. The fourth-order valence-corrected chi connectivity index (χ4v) is 4.41. The van der Waals surface area contributed by atoms with Crippen molar-refractivity contribution in [2.45, 2.75) is 45.4 Å². The number of aliphatic hydroxyl groups is 1. The summed E-state index contributed by atoms with van der Waals surface area (Å²) < 4.78 is 0. The highest BCUT2D eigenvalue weighted by Gasteiger charge is 2.37. The Morgan fingerprint density at radius 1 is 0.929 bits per heavy atom. The fraction of sp³-hybridized carbons (Fsp3) is 0.333. The number of aromatic nitrogens is 2. The van der Waals surface area contributed by atoms with E-state index in [-0.39, 0.29) is 5.41 Å². The molecule has 1 aliphatic rings. The number of fused-ring (bicyclic) bond motifs is 1. The number of benzene rings is 2. The molecule has 3 N–H and O–H groups in total. The van der Waals surface area contributed by atoms with Gasteiger partial charge in [0.25, 0.3) is 0 Å². The Kier molecular flexibility index (Phi) is 5.80. The van der Waals surface area contributed by atoms with Crippen molar-refractivity contribution in [3.8, 4) is 11.3 Å². The van der Waals surface area contributed by atoms with Gasteiger partial charge in [0.2, 0.25) is 5.95 Å². The zero-order valence-electron chi connectivity index (χ0n) is 17.2. The van der Waals surface area contributed by atoms with Crippen LogP contribution in [-0.2, 0) is 11.8 Å². The van der Waals surface area contributed by atoms with Crippen molar-refractivity contribution in [3.05, 3.63) is 76.5 Å². The SMILES string of the molecule is CO.Cc1cccc(C)c1-c1nc(N)nc2c1CCCC2(C)c1ccccc1. The van der Waals surface area contributed by atoms with E-state index < -0.39 is 0 Å². The number of anilines is 1. The first-order valence-corrected chi connectivity index (χ1v) is 9.74. The van der Waals surface area contributed by atoms with Gasteiger partial charge >= 0.3 is 0 Å². The van der Waals surface area contributed by atoms with E-state index in [1.165, 1.54) is 27.8 Å². The molecule has 0 fully saturated rings. The lowest BCUT2D eigenvalue weighted by Gasteiger charge is -2.36. The molecule has 0 saturated heterocycles. The summed E-state index contributed by atoms with van der Waals surface area (Å²) >= 11 is 0. The van der Waals surface area contributed by atoms with Crippen LogP contribution in [0.4, 0.5) is 5.95 Å². The highest BCUT2D eigenvalue weighted by atomic mass is 16.2. The average Bonchev–Trinajstić information content (AvgIpc) is 2.71. The molecule has 1 aliphatic carbocycles. The van der Waals surface area contributed by atoms with Crippen LogP contribution in [-0.4, -0.2) is 22.2 Å². The van der Waals surface area contributed by atoms with E-state index in [9.17, 15) is 0 Å². The van der Waals surface area contributed by atoms with Gasteiger partial charge in [-0.05, 0) is 56.7 Å². The highest BCUT2D eigenvalue weighted by Crippen LogP contribution is 2.44. The van der Waals surface area contributed by atoms with Crippen molar-refractivity contribution in [2.75, 3.05) is 12.8 Å². The maximum Gasteiger partial charge on any atom is 0.220 e. The molecule has 146 valence electrons. The van der Waals surface area contributed by atoms with Crippen LogP contribution in [0.5, 0.6) is 0 Å². The number of nitrogen functional groups attached to an aromatic ring is 1. The van der Waals surface area contributed by atoms with E-state index in [1.54, 1.807) is 0 Å². The predicted octanol–water partition coefficient (Wildman–Crippen LogP) is 4.59. The summed E-state index contributed by atoms with van der Waals surface area (Å²) in [5.74, 6) is 0.366. The topological polar surface area (TPSA) is 72.0 Å². The molecule has 1 unspecified atom stereocenters. The molecule has 0 spiro atoms. The van der Waals surface area contributed by atoms with Gasteiger partial charge in [0.05, 0.1) is 11.4 Å². The van der Waals surface area contributed by atoms with Gasteiger partial charge in [-0.15, -0.1) is 0 Å². The predicted molar refractivity (Wildman–Crippen MR) is 115 cm³/mol. The molecule has 0 amide bonds. The Morgan fingerprint density at radius 2 is 1.57 bits per heavy atom. The van der Waals surface area contributed by atoms with Gasteiger partial charge in [0.1, 0.15) is 0 Å². The van der Waals surface area contributed by atoms with Crippen LogP contribution in [0.1, 0.15) is 47.7 Å². The minimum Gasteiger partial charge on any atom is -0.400 e. The molecule has 0 bridgehead atoms. The lowest BCUT2D eigenvalue weighted by Crippen LogP contribution is -2.31. The number of hydrogen-bond acceptors (Lipinski definition) is 4. The van der Waals surface area contributed by atoms with Crippen LogP contribution in [0.15, 0.2) is 48.5 Å². The minimum absolute atomic E-state index is 0.128. The van der Waals surface area contributed by atoms with Crippen molar-refractivity contribution in [1.29, 1.82) is 0 Å². The zero-order chi connectivity index (χ0) is 20.3. The van der Waals surface area contributed by atoms with E-state index in [2.05, 4.69) is 69.3 Å². The van der Waals surface area contributed by atoms with E-state index in [0.717, 1.165) is 37.8 Å². The van der Waals surface area contributed by atoms with Crippen LogP contribution < -0.4 is 5.73 Å².